The second-order valence-electron chi connectivity index (χ2n) is 4.20. The van der Waals surface area contributed by atoms with Gasteiger partial charge in [-0.25, -0.2) is 4.39 Å². The highest BCUT2D eigenvalue weighted by molar-refractivity contribution is 6.33. The molecule has 0 bridgehead atoms. The third-order valence-corrected chi connectivity index (χ3v) is 3.21. The topological polar surface area (TPSA) is 35.8 Å². The second kappa shape index (κ2) is 5.73. The highest BCUT2D eigenvalue weighted by Gasteiger charge is 2.07. The maximum atomic E-state index is 13.6. The van der Waals surface area contributed by atoms with E-state index in [2.05, 4.69) is 11.4 Å². The monoisotopic (exact) mass is 274 g/mol. The van der Waals surface area contributed by atoms with Gasteiger partial charge in [0, 0.05) is 6.54 Å². The maximum Gasteiger partial charge on any atom is 0.147 e. The Labute approximate surface area is 116 Å². The number of aryl methyl sites for hydroxylation is 1. The molecule has 19 heavy (non-hydrogen) atoms. The van der Waals surface area contributed by atoms with Crippen molar-refractivity contribution in [1.29, 1.82) is 5.26 Å². The third kappa shape index (κ3) is 3.04. The average Bonchev–Trinajstić information content (AvgIpc) is 2.39. The van der Waals surface area contributed by atoms with Crippen molar-refractivity contribution in [1.82, 2.24) is 0 Å². The highest BCUT2D eigenvalue weighted by atomic mass is 35.5. The molecule has 0 aromatic heterocycles. The summed E-state index contributed by atoms with van der Waals surface area (Å²) in [5, 5.41) is 12.1. The summed E-state index contributed by atoms with van der Waals surface area (Å²) < 4.78 is 13.6. The molecule has 2 aromatic rings. The summed E-state index contributed by atoms with van der Waals surface area (Å²) in [6, 6.07) is 12.1. The number of hydrogen-bond donors (Lipinski definition) is 1. The Morgan fingerprint density at radius 2 is 2.11 bits per heavy atom. The fourth-order valence-electron chi connectivity index (χ4n) is 1.81. The lowest BCUT2D eigenvalue weighted by molar-refractivity contribution is 0.630. The molecule has 0 aliphatic carbocycles. The Bertz CT molecular complexity index is 627. The standard InChI is InChI=1S/C15H12ClFN2/c1-10-7-11(8-18)5-6-12(10)9-19-15-13(16)3-2-4-14(15)17/h2-7,19H,9H2,1H3. The first kappa shape index (κ1) is 13.4. The molecule has 96 valence electrons. The van der Waals surface area contributed by atoms with Crippen molar-refractivity contribution in [3.8, 4) is 6.07 Å². The van der Waals surface area contributed by atoms with Crippen molar-refractivity contribution in [2.24, 2.45) is 0 Å². The van der Waals surface area contributed by atoms with Crippen molar-refractivity contribution in [2.75, 3.05) is 5.32 Å². The van der Waals surface area contributed by atoms with Gasteiger partial charge in [0.15, 0.2) is 0 Å². The molecule has 0 atom stereocenters. The van der Waals surface area contributed by atoms with Gasteiger partial charge in [-0.15, -0.1) is 0 Å². The molecule has 4 heteroatoms. The Morgan fingerprint density at radius 3 is 2.74 bits per heavy atom. The van der Waals surface area contributed by atoms with Crippen LogP contribution in [-0.4, -0.2) is 0 Å². The van der Waals surface area contributed by atoms with Crippen molar-refractivity contribution in [3.63, 3.8) is 0 Å². The van der Waals surface area contributed by atoms with Gasteiger partial charge in [-0.1, -0.05) is 23.7 Å². The van der Waals surface area contributed by atoms with Crippen LogP contribution in [0.15, 0.2) is 36.4 Å². The zero-order valence-corrected chi connectivity index (χ0v) is 11.1. The van der Waals surface area contributed by atoms with Crippen LogP contribution in [-0.2, 0) is 6.54 Å². The predicted octanol–water partition coefficient (Wildman–Crippen LogP) is 4.27. The first-order valence-corrected chi connectivity index (χ1v) is 6.17. The first-order chi connectivity index (χ1) is 9.11. The summed E-state index contributed by atoms with van der Waals surface area (Å²) >= 11 is 5.94. The van der Waals surface area contributed by atoms with Gasteiger partial charge >= 0.3 is 0 Å². The fourth-order valence-corrected chi connectivity index (χ4v) is 2.04. The maximum absolute atomic E-state index is 13.6. The molecule has 2 rings (SSSR count). The zero-order chi connectivity index (χ0) is 13.8. The zero-order valence-electron chi connectivity index (χ0n) is 10.4. The SMILES string of the molecule is Cc1cc(C#N)ccc1CNc1c(F)cccc1Cl. The molecule has 0 heterocycles. The minimum absolute atomic E-state index is 0.299. The van der Waals surface area contributed by atoms with Crippen LogP contribution < -0.4 is 5.32 Å². The quantitative estimate of drug-likeness (QED) is 0.907. The van der Waals surface area contributed by atoms with Gasteiger partial charge in [0.25, 0.3) is 0 Å². The number of para-hydroxylation sites is 1. The molecule has 0 radical (unpaired) electrons. The van der Waals surface area contributed by atoms with Crippen molar-refractivity contribution < 1.29 is 4.39 Å². The van der Waals surface area contributed by atoms with Crippen LogP contribution in [0.2, 0.25) is 5.02 Å². The Hall–Kier alpha value is -2.05. The molecule has 2 aromatic carbocycles. The Balaban J connectivity index is 2.17. The number of hydrogen-bond acceptors (Lipinski definition) is 2. The van der Waals surface area contributed by atoms with E-state index in [1.807, 2.05) is 13.0 Å². The van der Waals surface area contributed by atoms with Crippen LogP contribution >= 0.6 is 11.6 Å². The van der Waals surface area contributed by atoms with E-state index in [1.54, 1.807) is 24.3 Å². The summed E-state index contributed by atoms with van der Waals surface area (Å²) in [7, 11) is 0. The lowest BCUT2D eigenvalue weighted by atomic mass is 10.1. The second-order valence-corrected chi connectivity index (χ2v) is 4.61. The van der Waals surface area contributed by atoms with E-state index in [0.29, 0.717) is 22.8 Å². The van der Waals surface area contributed by atoms with Gasteiger partial charge in [-0.05, 0) is 42.3 Å². The number of nitriles is 1. The summed E-state index contributed by atoms with van der Waals surface area (Å²) in [5.74, 6) is -0.376. The number of rotatable bonds is 3. The van der Waals surface area contributed by atoms with Gasteiger partial charge in [0.2, 0.25) is 0 Å². The van der Waals surface area contributed by atoms with E-state index < -0.39 is 0 Å². The molecule has 0 aliphatic heterocycles. The van der Waals surface area contributed by atoms with Crippen LogP contribution in [0.5, 0.6) is 0 Å². The van der Waals surface area contributed by atoms with E-state index in [4.69, 9.17) is 16.9 Å². The van der Waals surface area contributed by atoms with Gasteiger partial charge in [0.05, 0.1) is 22.3 Å². The molecule has 0 saturated heterocycles. The number of anilines is 1. The van der Waals surface area contributed by atoms with Gasteiger partial charge in [-0.2, -0.15) is 5.26 Å². The first-order valence-electron chi connectivity index (χ1n) is 5.79. The highest BCUT2D eigenvalue weighted by Crippen LogP contribution is 2.25. The van der Waals surface area contributed by atoms with Crippen molar-refractivity contribution >= 4 is 17.3 Å². The minimum atomic E-state index is -0.376. The van der Waals surface area contributed by atoms with E-state index in [1.165, 1.54) is 6.07 Å². The molecule has 1 N–H and O–H groups in total. The number of nitrogens with one attached hydrogen (secondary N) is 1. The molecular formula is C15H12ClFN2. The lowest BCUT2D eigenvalue weighted by Crippen LogP contribution is -2.03. The number of benzene rings is 2. The smallest absolute Gasteiger partial charge is 0.147 e. The van der Waals surface area contributed by atoms with E-state index in [0.717, 1.165) is 11.1 Å². The van der Waals surface area contributed by atoms with E-state index >= 15 is 0 Å². The number of halogens is 2. The summed E-state index contributed by atoms with van der Waals surface area (Å²) in [6.45, 7) is 2.37. The molecule has 0 unspecified atom stereocenters. The molecule has 0 saturated carbocycles. The lowest BCUT2D eigenvalue weighted by Gasteiger charge is -2.11. The average molecular weight is 275 g/mol. The van der Waals surface area contributed by atoms with Crippen LogP contribution in [0.25, 0.3) is 0 Å². The molecule has 0 spiro atoms. The van der Waals surface area contributed by atoms with Gasteiger partial charge in [0.1, 0.15) is 5.82 Å². The molecule has 0 fully saturated rings. The molecular weight excluding hydrogens is 263 g/mol. The molecule has 0 aliphatic rings. The van der Waals surface area contributed by atoms with Gasteiger partial charge in [-0.3, -0.25) is 0 Å². The summed E-state index contributed by atoms with van der Waals surface area (Å²) in [6.07, 6.45) is 0. The van der Waals surface area contributed by atoms with Gasteiger partial charge < -0.3 is 5.32 Å². The molecule has 0 amide bonds. The molecule has 2 nitrogen and oxygen atoms in total. The number of nitrogens with zero attached hydrogens (tertiary/aromatic N) is 1. The fraction of sp³-hybridized carbons (Fsp3) is 0.133. The van der Waals surface area contributed by atoms with Crippen LogP contribution in [0.3, 0.4) is 0 Å². The summed E-state index contributed by atoms with van der Waals surface area (Å²) in [4.78, 5) is 0. The van der Waals surface area contributed by atoms with Crippen molar-refractivity contribution in [2.45, 2.75) is 13.5 Å². The van der Waals surface area contributed by atoms with E-state index in [9.17, 15) is 4.39 Å². The largest absolute Gasteiger partial charge is 0.377 e. The van der Waals surface area contributed by atoms with Crippen LogP contribution in [0.4, 0.5) is 10.1 Å². The summed E-state index contributed by atoms with van der Waals surface area (Å²) in [5.41, 5.74) is 2.90. The Morgan fingerprint density at radius 1 is 1.32 bits per heavy atom. The minimum Gasteiger partial charge on any atom is -0.377 e. The van der Waals surface area contributed by atoms with Crippen LogP contribution in [0.1, 0.15) is 16.7 Å². The van der Waals surface area contributed by atoms with E-state index in [-0.39, 0.29) is 5.82 Å². The third-order valence-electron chi connectivity index (χ3n) is 2.89. The predicted molar refractivity (Wildman–Crippen MR) is 74.6 cm³/mol. The van der Waals surface area contributed by atoms with Crippen molar-refractivity contribution in [3.05, 3.63) is 63.9 Å². The Kier molecular flexibility index (Phi) is 4.03. The normalized spacial score (nSPS) is 10.0. The van der Waals surface area contributed by atoms with Crippen LogP contribution in [0, 0.1) is 24.1 Å².